The number of hydrogen-bond donors (Lipinski definition) is 2. The minimum atomic E-state index is -5.13. The number of likely N-dealkylation sites (N-methyl/N-ethyl adjacent to an activating group) is 1. The molecule has 4 rings (SSSR count). The van der Waals surface area contributed by atoms with Crippen molar-refractivity contribution in [3.63, 3.8) is 0 Å². The molecule has 38 heavy (non-hydrogen) atoms. The first kappa shape index (κ1) is 27.4. The molecule has 3 aromatic carbocycles. The average Bonchev–Trinajstić information content (AvgIpc) is 3.32. The molecule has 1 aliphatic rings. The van der Waals surface area contributed by atoms with Crippen LogP contribution < -0.4 is 10.6 Å². The lowest BCUT2D eigenvalue weighted by atomic mass is 9.84. The number of carbonyl (C=O) groups is 2. The number of oxime groups is 1. The topological polar surface area (TPSA) is 79.8 Å². The molecule has 2 amide bonds. The zero-order chi connectivity index (χ0) is 27.9. The highest BCUT2D eigenvalue weighted by molar-refractivity contribution is 9.10. The van der Waals surface area contributed by atoms with Gasteiger partial charge in [-0.3, -0.25) is 9.59 Å². The lowest BCUT2D eigenvalue weighted by Gasteiger charge is -2.30. The zero-order valence-electron chi connectivity index (χ0n) is 19.4. The Balaban J connectivity index is 1.76. The number of benzene rings is 3. The molecule has 1 unspecified atom stereocenters. The van der Waals surface area contributed by atoms with Crippen molar-refractivity contribution in [2.24, 2.45) is 5.16 Å². The summed E-state index contributed by atoms with van der Waals surface area (Å²) in [5.41, 5.74) is -5.00. The van der Waals surface area contributed by atoms with Gasteiger partial charge >= 0.3 is 12.4 Å². The average molecular weight is 602 g/mol. The van der Waals surface area contributed by atoms with Crippen molar-refractivity contribution in [3.8, 4) is 0 Å². The highest BCUT2D eigenvalue weighted by Crippen LogP contribution is 2.50. The molecule has 0 radical (unpaired) electrons. The maximum Gasteiger partial charge on any atom is 0.435 e. The van der Waals surface area contributed by atoms with E-state index in [0.717, 1.165) is 6.07 Å². The third-order valence-electron chi connectivity index (χ3n) is 6.05. The van der Waals surface area contributed by atoms with Crippen LogP contribution in [0.2, 0.25) is 0 Å². The van der Waals surface area contributed by atoms with Crippen molar-refractivity contribution in [1.82, 2.24) is 10.6 Å². The van der Waals surface area contributed by atoms with Crippen molar-refractivity contribution < 1.29 is 40.8 Å². The van der Waals surface area contributed by atoms with Gasteiger partial charge in [0, 0.05) is 34.6 Å². The van der Waals surface area contributed by atoms with Gasteiger partial charge in [0.2, 0.25) is 5.91 Å². The van der Waals surface area contributed by atoms with Crippen LogP contribution in [0.4, 0.5) is 26.3 Å². The Labute approximate surface area is 220 Å². The van der Waals surface area contributed by atoms with E-state index in [4.69, 9.17) is 4.84 Å². The molecule has 1 aliphatic heterocycles. The van der Waals surface area contributed by atoms with Crippen LogP contribution in [0.25, 0.3) is 10.8 Å². The Bertz CT molecular complexity index is 1450. The maximum absolute atomic E-state index is 14.4. The van der Waals surface area contributed by atoms with Gasteiger partial charge < -0.3 is 15.5 Å². The van der Waals surface area contributed by atoms with E-state index in [-0.39, 0.29) is 27.9 Å². The first-order valence-electron chi connectivity index (χ1n) is 11.0. The maximum atomic E-state index is 14.4. The Kier molecular flexibility index (Phi) is 7.17. The molecule has 0 bridgehead atoms. The molecule has 0 aromatic heterocycles. The van der Waals surface area contributed by atoms with E-state index in [1.54, 1.807) is 24.3 Å². The number of hydrogen-bond acceptors (Lipinski definition) is 4. The summed E-state index contributed by atoms with van der Waals surface area (Å²) in [4.78, 5) is 29.1. The van der Waals surface area contributed by atoms with E-state index >= 15 is 0 Å². The van der Waals surface area contributed by atoms with Gasteiger partial charge in [-0.2, -0.15) is 26.3 Å². The summed E-state index contributed by atoms with van der Waals surface area (Å²) in [5.74, 6) is -1.01. The van der Waals surface area contributed by atoms with Crippen molar-refractivity contribution in [2.45, 2.75) is 24.4 Å². The molecule has 1 atom stereocenters. The van der Waals surface area contributed by atoms with Crippen LogP contribution >= 0.6 is 15.9 Å². The predicted octanol–water partition coefficient (Wildman–Crippen LogP) is 5.68. The number of alkyl halides is 6. The first-order valence-corrected chi connectivity index (χ1v) is 11.8. The van der Waals surface area contributed by atoms with Crippen LogP contribution in [0, 0.1) is 0 Å². The number of nitrogens with zero attached hydrogens (tertiary/aromatic N) is 1. The van der Waals surface area contributed by atoms with Gasteiger partial charge in [-0.15, -0.1) is 0 Å². The first-order chi connectivity index (χ1) is 17.8. The summed E-state index contributed by atoms with van der Waals surface area (Å²) in [6, 6.07) is 11.1. The molecule has 6 nitrogen and oxygen atoms in total. The van der Waals surface area contributed by atoms with Crippen LogP contribution in [0.1, 0.15) is 33.5 Å². The van der Waals surface area contributed by atoms with E-state index in [2.05, 4.69) is 31.7 Å². The smallest absolute Gasteiger partial charge is 0.374 e. The molecule has 0 saturated carbocycles. The molecule has 0 fully saturated rings. The summed E-state index contributed by atoms with van der Waals surface area (Å²) in [7, 11) is 1.40. The molecule has 0 aliphatic carbocycles. The van der Waals surface area contributed by atoms with Gasteiger partial charge in [-0.1, -0.05) is 51.4 Å². The second-order valence-corrected chi connectivity index (χ2v) is 9.33. The van der Waals surface area contributed by atoms with Crippen molar-refractivity contribution in [2.75, 3.05) is 13.6 Å². The minimum Gasteiger partial charge on any atom is -0.374 e. The van der Waals surface area contributed by atoms with Crippen LogP contribution in [0.5, 0.6) is 0 Å². The highest BCUT2D eigenvalue weighted by Gasteiger charge is 2.62. The summed E-state index contributed by atoms with van der Waals surface area (Å²) >= 11 is 2.86. The molecule has 0 spiro atoms. The summed E-state index contributed by atoms with van der Waals surface area (Å²) < 4.78 is 83.2. The SMILES string of the molecule is CNC(=O)CNC(=O)c1ccc(C2=NOC(c3cc(Br)cc(C(F)(F)F)c3)(C(F)(F)F)C2)c2ccccc12. The van der Waals surface area contributed by atoms with E-state index in [9.17, 15) is 35.9 Å². The fourth-order valence-electron chi connectivity index (χ4n) is 4.13. The molecule has 3 aromatic rings. The van der Waals surface area contributed by atoms with Gasteiger partial charge in [0.05, 0.1) is 17.8 Å². The van der Waals surface area contributed by atoms with E-state index in [1.807, 2.05) is 0 Å². The fourth-order valence-corrected chi connectivity index (χ4v) is 4.62. The van der Waals surface area contributed by atoms with Crippen LogP contribution in [0.3, 0.4) is 0 Å². The molecule has 13 heteroatoms. The summed E-state index contributed by atoms with van der Waals surface area (Å²) in [6.45, 7) is -0.285. The molecule has 1 heterocycles. The fraction of sp³-hybridized carbons (Fsp3) is 0.240. The number of rotatable bonds is 5. The quantitative estimate of drug-likeness (QED) is 0.369. The Morgan fingerprint density at radius 3 is 2.34 bits per heavy atom. The van der Waals surface area contributed by atoms with Crippen LogP contribution in [-0.2, 0) is 21.4 Å². The molecule has 200 valence electrons. The number of halogens is 7. The Morgan fingerprint density at radius 1 is 1.03 bits per heavy atom. The Morgan fingerprint density at radius 2 is 1.71 bits per heavy atom. The lowest BCUT2D eigenvalue weighted by Crippen LogP contribution is -2.43. The second kappa shape index (κ2) is 9.93. The molecular weight excluding hydrogens is 584 g/mol. The lowest BCUT2D eigenvalue weighted by molar-refractivity contribution is -0.276. The van der Waals surface area contributed by atoms with Crippen molar-refractivity contribution in [3.05, 3.63) is 81.3 Å². The summed E-state index contributed by atoms with van der Waals surface area (Å²) in [6.07, 6.45) is -10.9. The number of fused-ring (bicyclic) bond motifs is 1. The Hall–Kier alpha value is -3.61. The van der Waals surface area contributed by atoms with Gasteiger partial charge in [0.15, 0.2) is 0 Å². The van der Waals surface area contributed by atoms with E-state index in [0.29, 0.717) is 22.9 Å². The molecule has 0 saturated heterocycles. The van der Waals surface area contributed by atoms with Gasteiger partial charge in [0.25, 0.3) is 11.5 Å². The minimum absolute atomic E-state index is 0.163. The largest absolute Gasteiger partial charge is 0.435 e. The third kappa shape index (κ3) is 5.06. The zero-order valence-corrected chi connectivity index (χ0v) is 21.0. The molecular formula is C25H18BrF6N3O3. The van der Waals surface area contributed by atoms with E-state index in [1.165, 1.54) is 19.2 Å². The molecule has 2 N–H and O–H groups in total. The highest BCUT2D eigenvalue weighted by atomic mass is 79.9. The number of amides is 2. The second-order valence-electron chi connectivity index (χ2n) is 8.42. The monoisotopic (exact) mass is 601 g/mol. The van der Waals surface area contributed by atoms with Crippen LogP contribution in [-0.4, -0.2) is 37.3 Å². The van der Waals surface area contributed by atoms with Crippen LogP contribution in [0.15, 0.2) is 64.2 Å². The van der Waals surface area contributed by atoms with Gasteiger partial charge in [-0.25, -0.2) is 0 Å². The van der Waals surface area contributed by atoms with Crippen molar-refractivity contribution >= 4 is 44.2 Å². The third-order valence-corrected chi connectivity index (χ3v) is 6.50. The number of carbonyl (C=O) groups excluding carboxylic acids is 2. The van der Waals surface area contributed by atoms with Crippen molar-refractivity contribution in [1.29, 1.82) is 0 Å². The van der Waals surface area contributed by atoms with E-state index < -0.39 is 47.3 Å². The van der Waals surface area contributed by atoms with Gasteiger partial charge in [0.1, 0.15) is 0 Å². The normalized spacial score (nSPS) is 17.6. The predicted molar refractivity (Wildman–Crippen MR) is 129 cm³/mol. The van der Waals surface area contributed by atoms with Gasteiger partial charge in [-0.05, 0) is 35.0 Å². The standard InChI is InChI=1S/C25H18BrF6N3O3/c1-33-21(36)12-34-22(37)19-7-6-18(16-4-2-3-5-17(16)19)20-11-23(38-35-20,25(30,31)32)13-8-14(24(27,28)29)10-15(26)9-13/h2-10H,11-12H2,1H3,(H,33,36)(H,34,37). The number of nitrogens with one attached hydrogen (secondary N) is 2. The summed E-state index contributed by atoms with van der Waals surface area (Å²) in [5, 5.41) is 9.22.